The van der Waals surface area contributed by atoms with Crippen LogP contribution in [0, 0.1) is 5.92 Å². The van der Waals surface area contributed by atoms with E-state index >= 15 is 0 Å². The molecule has 3 atom stereocenters. The summed E-state index contributed by atoms with van der Waals surface area (Å²) in [5, 5.41) is 0. The van der Waals surface area contributed by atoms with Crippen LogP contribution in [0.3, 0.4) is 0 Å². The van der Waals surface area contributed by atoms with Gasteiger partial charge in [-0.1, -0.05) is 0 Å². The zero-order valence-corrected chi connectivity index (χ0v) is 14.2. The van der Waals surface area contributed by atoms with E-state index in [1.165, 1.54) is 6.26 Å². The molecule has 1 saturated heterocycles. The average molecular weight is 338 g/mol. The number of likely N-dealkylation sites (tertiary alicyclic amines) is 1. The minimum absolute atomic E-state index is 0.0124. The maximum atomic E-state index is 12.6. The summed E-state index contributed by atoms with van der Waals surface area (Å²) < 4.78 is 30.8. The lowest BCUT2D eigenvalue weighted by molar-refractivity contribution is 0.0691. The summed E-state index contributed by atoms with van der Waals surface area (Å²) in [6.07, 6.45) is 2.75. The molecule has 2 aliphatic rings. The Morgan fingerprint density at radius 1 is 1.30 bits per heavy atom. The Bertz CT molecular complexity index is 687. The quantitative estimate of drug-likeness (QED) is 0.876. The summed E-state index contributed by atoms with van der Waals surface area (Å²) in [5.74, 6) is 0.976. The minimum Gasteiger partial charge on any atom is -0.494 e. The van der Waals surface area contributed by atoms with Crippen LogP contribution in [0.15, 0.2) is 24.3 Å². The third-order valence-electron chi connectivity index (χ3n) is 4.58. The van der Waals surface area contributed by atoms with Crippen molar-refractivity contribution in [2.24, 2.45) is 5.92 Å². The molecule has 1 aromatic carbocycles. The monoisotopic (exact) mass is 338 g/mol. The van der Waals surface area contributed by atoms with Crippen LogP contribution in [-0.2, 0) is 10.0 Å². The van der Waals surface area contributed by atoms with Gasteiger partial charge in [-0.15, -0.1) is 0 Å². The molecule has 126 valence electrons. The molecule has 1 aliphatic carbocycles. The topological polar surface area (TPSA) is 75.7 Å². The summed E-state index contributed by atoms with van der Waals surface area (Å²) in [5.41, 5.74) is 0.647. The normalized spacial score (nSPS) is 26.5. The van der Waals surface area contributed by atoms with E-state index in [0.29, 0.717) is 25.1 Å². The molecule has 0 unspecified atom stereocenters. The number of amides is 1. The van der Waals surface area contributed by atoms with Gasteiger partial charge in [0.15, 0.2) is 0 Å². The van der Waals surface area contributed by atoms with Gasteiger partial charge in [0.05, 0.1) is 12.9 Å². The van der Waals surface area contributed by atoms with Crippen molar-refractivity contribution in [3.05, 3.63) is 29.8 Å². The van der Waals surface area contributed by atoms with Gasteiger partial charge < -0.3 is 9.64 Å². The first-order valence-corrected chi connectivity index (χ1v) is 9.77. The molecular formula is C16H22N2O4S. The van der Waals surface area contributed by atoms with E-state index < -0.39 is 10.0 Å². The number of hydrogen-bond acceptors (Lipinski definition) is 4. The van der Waals surface area contributed by atoms with Gasteiger partial charge in [-0.25, -0.2) is 13.1 Å². The van der Waals surface area contributed by atoms with Gasteiger partial charge in [-0.3, -0.25) is 4.79 Å². The van der Waals surface area contributed by atoms with E-state index in [-0.39, 0.29) is 23.9 Å². The van der Waals surface area contributed by atoms with E-state index in [0.717, 1.165) is 12.2 Å². The molecule has 1 saturated carbocycles. The fourth-order valence-electron chi connectivity index (χ4n) is 3.65. The van der Waals surface area contributed by atoms with Crippen LogP contribution in [0.2, 0.25) is 0 Å². The lowest BCUT2D eigenvalue weighted by Crippen LogP contribution is -2.47. The number of piperidine rings is 1. The van der Waals surface area contributed by atoms with Crippen molar-refractivity contribution in [3.8, 4) is 5.75 Å². The molecule has 1 amide bonds. The van der Waals surface area contributed by atoms with Gasteiger partial charge in [0.25, 0.3) is 5.91 Å². The molecule has 7 heteroatoms. The van der Waals surface area contributed by atoms with E-state index in [2.05, 4.69) is 4.72 Å². The second kappa shape index (κ2) is 6.13. The summed E-state index contributed by atoms with van der Waals surface area (Å²) >= 11 is 0. The Morgan fingerprint density at radius 2 is 2.00 bits per heavy atom. The van der Waals surface area contributed by atoms with Crippen LogP contribution >= 0.6 is 0 Å². The summed E-state index contributed by atoms with van der Waals surface area (Å²) in [6, 6.07) is 7.26. The number of benzene rings is 1. The molecule has 6 nitrogen and oxygen atoms in total. The molecule has 0 aromatic heterocycles. The first kappa shape index (κ1) is 16.3. The van der Waals surface area contributed by atoms with Crippen molar-refractivity contribution in [1.82, 2.24) is 9.62 Å². The summed E-state index contributed by atoms with van der Waals surface area (Å²) in [7, 11) is -3.20. The predicted molar refractivity (Wildman–Crippen MR) is 86.9 cm³/mol. The van der Waals surface area contributed by atoms with Crippen LogP contribution in [0.25, 0.3) is 0 Å². The van der Waals surface area contributed by atoms with Gasteiger partial charge in [0.1, 0.15) is 5.75 Å². The number of fused-ring (bicyclic) bond motifs is 2. The Morgan fingerprint density at radius 3 is 2.52 bits per heavy atom. The Labute approximate surface area is 136 Å². The second-order valence-electron chi connectivity index (χ2n) is 6.30. The largest absolute Gasteiger partial charge is 0.494 e. The van der Waals surface area contributed by atoms with Crippen molar-refractivity contribution in [1.29, 1.82) is 0 Å². The Kier molecular flexibility index (Phi) is 4.33. The molecular weight excluding hydrogens is 316 g/mol. The minimum atomic E-state index is -3.20. The number of sulfonamides is 1. The Hall–Kier alpha value is -1.60. The van der Waals surface area contributed by atoms with Crippen LogP contribution in [-0.4, -0.2) is 50.7 Å². The van der Waals surface area contributed by atoms with E-state index in [1.807, 2.05) is 11.8 Å². The number of carbonyl (C=O) groups excluding carboxylic acids is 1. The highest BCUT2D eigenvalue weighted by Gasteiger charge is 2.47. The van der Waals surface area contributed by atoms with Crippen LogP contribution in [0.1, 0.15) is 30.1 Å². The van der Waals surface area contributed by atoms with Crippen LogP contribution < -0.4 is 9.46 Å². The average Bonchev–Trinajstić information content (AvgIpc) is 3.05. The number of rotatable bonds is 5. The maximum Gasteiger partial charge on any atom is 0.254 e. The van der Waals surface area contributed by atoms with Crippen molar-refractivity contribution >= 4 is 15.9 Å². The molecule has 0 radical (unpaired) electrons. The Balaban J connectivity index is 1.65. The third kappa shape index (κ3) is 3.50. The first-order chi connectivity index (χ1) is 10.9. The fraction of sp³-hybridized carbons (Fsp3) is 0.562. The molecule has 23 heavy (non-hydrogen) atoms. The molecule has 1 heterocycles. The van der Waals surface area contributed by atoms with Gasteiger partial charge >= 0.3 is 0 Å². The second-order valence-corrected chi connectivity index (χ2v) is 8.08. The maximum absolute atomic E-state index is 12.6. The number of ether oxygens (including phenoxy) is 1. The molecule has 3 rings (SSSR count). The van der Waals surface area contributed by atoms with Gasteiger partial charge in [-0.2, -0.15) is 0 Å². The zero-order valence-electron chi connectivity index (χ0n) is 13.4. The lowest BCUT2D eigenvalue weighted by Gasteiger charge is -2.31. The van der Waals surface area contributed by atoms with Gasteiger partial charge in [-0.05, 0) is 49.9 Å². The summed E-state index contributed by atoms with van der Waals surface area (Å²) in [6.45, 7) is 3.13. The highest BCUT2D eigenvalue weighted by molar-refractivity contribution is 7.88. The van der Waals surface area contributed by atoms with E-state index in [1.54, 1.807) is 24.3 Å². The molecule has 1 N–H and O–H groups in total. The standard InChI is InChI=1S/C16H22N2O4S/c1-3-22-14-6-4-11(5-7-14)16(19)18-10-12-8-13(18)9-15(12)17-23(2,20)21/h4-7,12-13,15,17H,3,8-10H2,1-2H3/t12-,13-,15-/m0/s1. The zero-order chi connectivity index (χ0) is 16.6. The van der Waals surface area contributed by atoms with Crippen molar-refractivity contribution in [2.45, 2.75) is 31.8 Å². The van der Waals surface area contributed by atoms with Crippen molar-refractivity contribution in [3.63, 3.8) is 0 Å². The number of hydrogen-bond donors (Lipinski definition) is 1. The highest BCUT2D eigenvalue weighted by Crippen LogP contribution is 2.38. The number of nitrogens with one attached hydrogen (secondary N) is 1. The van der Waals surface area contributed by atoms with Crippen LogP contribution in [0.5, 0.6) is 5.75 Å². The number of nitrogens with zero attached hydrogens (tertiary/aromatic N) is 1. The first-order valence-electron chi connectivity index (χ1n) is 7.88. The molecule has 2 fully saturated rings. The molecule has 1 aliphatic heterocycles. The number of carbonyl (C=O) groups is 1. The van der Waals surface area contributed by atoms with E-state index in [4.69, 9.17) is 4.74 Å². The highest BCUT2D eigenvalue weighted by atomic mass is 32.2. The predicted octanol–water partition coefficient (Wildman–Crippen LogP) is 1.24. The van der Waals surface area contributed by atoms with Crippen molar-refractivity contribution in [2.75, 3.05) is 19.4 Å². The van der Waals surface area contributed by atoms with E-state index in [9.17, 15) is 13.2 Å². The summed E-state index contributed by atoms with van der Waals surface area (Å²) in [4.78, 5) is 14.5. The third-order valence-corrected chi connectivity index (χ3v) is 5.31. The van der Waals surface area contributed by atoms with Crippen LogP contribution in [0.4, 0.5) is 0 Å². The SMILES string of the molecule is CCOc1ccc(C(=O)N2C[C@@H]3C[C@H]2C[C@@H]3NS(C)(=O)=O)cc1. The lowest BCUT2D eigenvalue weighted by atomic mass is 10.0. The molecule has 1 aromatic rings. The van der Waals surface area contributed by atoms with Crippen molar-refractivity contribution < 1.29 is 17.9 Å². The van der Waals surface area contributed by atoms with Gasteiger partial charge in [0.2, 0.25) is 10.0 Å². The smallest absolute Gasteiger partial charge is 0.254 e. The molecule has 2 bridgehead atoms. The molecule has 0 spiro atoms. The fourth-order valence-corrected chi connectivity index (χ4v) is 4.49. The van der Waals surface area contributed by atoms with Gasteiger partial charge in [0, 0.05) is 24.2 Å².